The fourth-order valence-corrected chi connectivity index (χ4v) is 2.12. The van der Waals surface area contributed by atoms with Crippen LogP contribution in [0, 0.1) is 5.92 Å². The van der Waals surface area contributed by atoms with E-state index in [0.29, 0.717) is 19.4 Å². The largest absolute Gasteiger partial charge is 0.481 e. The number of hydrogen-bond donors (Lipinski definition) is 2. The molecule has 1 aliphatic heterocycles. The Labute approximate surface area is 115 Å². The van der Waals surface area contributed by atoms with Gasteiger partial charge >= 0.3 is 18.2 Å². The van der Waals surface area contributed by atoms with Crippen molar-refractivity contribution in [3.05, 3.63) is 0 Å². The molecule has 116 valence electrons. The smallest absolute Gasteiger partial charge is 0.389 e. The highest BCUT2D eigenvalue weighted by molar-refractivity contribution is 5.76. The van der Waals surface area contributed by atoms with Gasteiger partial charge in [0.2, 0.25) is 0 Å². The number of carbonyl (C=O) groups excluding carboxylic acids is 1. The number of hydrogen-bond acceptors (Lipinski definition) is 2. The average Bonchev–Trinajstić information content (AvgIpc) is 2.37. The van der Waals surface area contributed by atoms with Crippen LogP contribution in [-0.2, 0) is 4.79 Å². The number of alkyl halides is 3. The van der Waals surface area contributed by atoms with Crippen molar-refractivity contribution in [1.29, 1.82) is 0 Å². The van der Waals surface area contributed by atoms with Gasteiger partial charge in [-0.3, -0.25) is 4.79 Å². The first kappa shape index (κ1) is 16.6. The van der Waals surface area contributed by atoms with Crippen molar-refractivity contribution in [2.75, 3.05) is 19.6 Å². The highest BCUT2D eigenvalue weighted by Gasteiger charge is 2.28. The molecule has 5 nitrogen and oxygen atoms in total. The lowest BCUT2D eigenvalue weighted by atomic mass is 9.99. The fraction of sp³-hybridized carbons (Fsp3) is 0.833. The predicted molar refractivity (Wildman–Crippen MR) is 65.2 cm³/mol. The highest BCUT2D eigenvalue weighted by Crippen LogP contribution is 2.22. The van der Waals surface area contributed by atoms with Crippen LogP contribution >= 0.6 is 0 Å². The van der Waals surface area contributed by atoms with Gasteiger partial charge in [0.05, 0.1) is 5.92 Å². The molecule has 1 heterocycles. The SMILES string of the molecule is O=C(O)[C@H]1CCCN(C(=O)NCCCCC(F)(F)F)C1. The summed E-state index contributed by atoms with van der Waals surface area (Å²) < 4.78 is 35.7. The first-order valence-electron chi connectivity index (χ1n) is 6.62. The van der Waals surface area contributed by atoms with Gasteiger partial charge in [0.15, 0.2) is 0 Å². The van der Waals surface area contributed by atoms with Gasteiger partial charge in [-0.05, 0) is 25.7 Å². The van der Waals surface area contributed by atoms with E-state index in [2.05, 4.69) is 5.32 Å². The predicted octanol–water partition coefficient (Wildman–Crippen LogP) is 2.23. The van der Waals surface area contributed by atoms with Crippen molar-refractivity contribution in [2.45, 2.75) is 38.3 Å². The molecule has 0 aromatic rings. The molecule has 0 aliphatic carbocycles. The number of piperidine rings is 1. The van der Waals surface area contributed by atoms with E-state index < -0.39 is 30.5 Å². The number of aliphatic carboxylic acids is 1. The molecular weight excluding hydrogens is 277 g/mol. The second kappa shape index (κ2) is 7.35. The van der Waals surface area contributed by atoms with Crippen molar-refractivity contribution in [2.24, 2.45) is 5.92 Å². The number of urea groups is 1. The quantitative estimate of drug-likeness (QED) is 0.764. The topological polar surface area (TPSA) is 69.6 Å². The van der Waals surface area contributed by atoms with Crippen LogP contribution in [0.15, 0.2) is 0 Å². The number of amides is 2. The first-order valence-corrected chi connectivity index (χ1v) is 6.62. The van der Waals surface area contributed by atoms with Gasteiger partial charge < -0.3 is 15.3 Å². The van der Waals surface area contributed by atoms with Crippen LogP contribution in [0.1, 0.15) is 32.1 Å². The Balaban J connectivity index is 2.20. The van der Waals surface area contributed by atoms with Crippen molar-refractivity contribution in [3.8, 4) is 0 Å². The Morgan fingerprint density at radius 3 is 2.60 bits per heavy atom. The van der Waals surface area contributed by atoms with Crippen molar-refractivity contribution < 1.29 is 27.9 Å². The third-order valence-electron chi connectivity index (χ3n) is 3.22. The molecular formula is C12H19F3N2O3. The third-order valence-corrected chi connectivity index (χ3v) is 3.22. The number of carboxylic acid groups (broad SMARTS) is 1. The van der Waals surface area contributed by atoms with Gasteiger partial charge in [-0.15, -0.1) is 0 Å². The van der Waals surface area contributed by atoms with Crippen LogP contribution in [0.2, 0.25) is 0 Å². The van der Waals surface area contributed by atoms with Crippen molar-refractivity contribution in [1.82, 2.24) is 10.2 Å². The Morgan fingerprint density at radius 1 is 1.30 bits per heavy atom. The molecule has 8 heteroatoms. The summed E-state index contributed by atoms with van der Waals surface area (Å²) in [6, 6.07) is -0.400. The fourth-order valence-electron chi connectivity index (χ4n) is 2.12. The summed E-state index contributed by atoms with van der Waals surface area (Å²) in [5, 5.41) is 11.4. The van der Waals surface area contributed by atoms with E-state index in [-0.39, 0.29) is 25.9 Å². The Morgan fingerprint density at radius 2 is 2.00 bits per heavy atom. The minimum absolute atomic E-state index is 0.0263. The number of unbranched alkanes of at least 4 members (excludes halogenated alkanes) is 1. The molecule has 2 amide bonds. The summed E-state index contributed by atoms with van der Waals surface area (Å²) in [5.41, 5.74) is 0. The van der Waals surface area contributed by atoms with Crippen molar-refractivity contribution in [3.63, 3.8) is 0 Å². The molecule has 1 saturated heterocycles. The molecule has 1 atom stereocenters. The molecule has 1 aliphatic rings. The van der Waals surface area contributed by atoms with Crippen LogP contribution in [0.5, 0.6) is 0 Å². The van der Waals surface area contributed by atoms with Gasteiger partial charge in [-0.25, -0.2) is 4.79 Å². The molecule has 2 N–H and O–H groups in total. The normalized spacial score (nSPS) is 19.8. The number of rotatable bonds is 5. The number of nitrogens with one attached hydrogen (secondary N) is 1. The maximum atomic E-state index is 11.9. The third kappa shape index (κ3) is 6.12. The van der Waals surface area contributed by atoms with E-state index in [9.17, 15) is 22.8 Å². The van der Waals surface area contributed by atoms with E-state index in [1.165, 1.54) is 4.90 Å². The zero-order valence-corrected chi connectivity index (χ0v) is 11.1. The minimum atomic E-state index is -4.16. The maximum absolute atomic E-state index is 11.9. The second-order valence-corrected chi connectivity index (χ2v) is 4.93. The summed E-state index contributed by atoms with van der Waals surface area (Å²) in [6.45, 7) is 0.811. The molecule has 0 bridgehead atoms. The van der Waals surface area contributed by atoms with Crippen molar-refractivity contribution >= 4 is 12.0 Å². The Bertz CT molecular complexity index is 347. The maximum Gasteiger partial charge on any atom is 0.389 e. The lowest BCUT2D eigenvalue weighted by molar-refractivity contribution is -0.143. The average molecular weight is 296 g/mol. The second-order valence-electron chi connectivity index (χ2n) is 4.93. The van der Waals surface area contributed by atoms with E-state index in [1.807, 2.05) is 0 Å². The van der Waals surface area contributed by atoms with Gasteiger partial charge in [-0.1, -0.05) is 0 Å². The summed E-state index contributed by atoms with van der Waals surface area (Å²) in [6.07, 6.45) is -3.62. The molecule has 0 spiro atoms. The van der Waals surface area contributed by atoms with Gasteiger partial charge in [0.1, 0.15) is 0 Å². The number of nitrogens with zero attached hydrogens (tertiary/aromatic N) is 1. The van der Waals surface area contributed by atoms with Crippen LogP contribution in [0.4, 0.5) is 18.0 Å². The van der Waals surface area contributed by atoms with Crippen LogP contribution in [0.3, 0.4) is 0 Å². The van der Waals surface area contributed by atoms with Gasteiger partial charge in [0.25, 0.3) is 0 Å². The van der Waals surface area contributed by atoms with Crippen LogP contribution in [-0.4, -0.2) is 47.8 Å². The highest BCUT2D eigenvalue weighted by atomic mass is 19.4. The lowest BCUT2D eigenvalue weighted by Crippen LogP contribution is -2.47. The summed E-state index contributed by atoms with van der Waals surface area (Å²) in [7, 11) is 0. The van der Waals surface area contributed by atoms with Gasteiger partial charge in [-0.2, -0.15) is 13.2 Å². The minimum Gasteiger partial charge on any atom is -0.481 e. The molecule has 0 unspecified atom stereocenters. The summed E-state index contributed by atoms with van der Waals surface area (Å²) in [4.78, 5) is 24.0. The van der Waals surface area contributed by atoms with E-state index in [0.717, 1.165) is 0 Å². The first-order chi connectivity index (χ1) is 9.29. The number of carboxylic acids is 1. The molecule has 0 aromatic heterocycles. The summed E-state index contributed by atoms with van der Waals surface area (Å²) in [5.74, 6) is -1.48. The zero-order chi connectivity index (χ0) is 15.2. The van der Waals surface area contributed by atoms with E-state index in [4.69, 9.17) is 5.11 Å². The summed E-state index contributed by atoms with van der Waals surface area (Å²) >= 11 is 0. The number of likely N-dealkylation sites (tertiary alicyclic amines) is 1. The van der Waals surface area contributed by atoms with E-state index in [1.54, 1.807) is 0 Å². The Hall–Kier alpha value is -1.47. The molecule has 1 rings (SSSR count). The molecule has 0 aromatic carbocycles. The molecule has 1 fully saturated rings. The molecule has 0 saturated carbocycles. The Kier molecular flexibility index (Phi) is 6.09. The molecule has 20 heavy (non-hydrogen) atoms. The lowest BCUT2D eigenvalue weighted by Gasteiger charge is -2.30. The zero-order valence-electron chi connectivity index (χ0n) is 11.1. The standard InChI is InChI=1S/C12H19F3N2O3/c13-12(14,15)5-1-2-6-16-11(20)17-7-3-4-9(8-17)10(18)19/h9H,1-8H2,(H,16,20)(H,18,19)/t9-/m0/s1. The monoisotopic (exact) mass is 296 g/mol. The van der Waals surface area contributed by atoms with E-state index >= 15 is 0 Å². The number of carbonyl (C=O) groups is 2. The van der Waals surface area contributed by atoms with Gasteiger partial charge in [0, 0.05) is 26.1 Å². The number of halogens is 3. The molecule has 0 radical (unpaired) electrons. The van der Waals surface area contributed by atoms with Crippen LogP contribution in [0.25, 0.3) is 0 Å². The van der Waals surface area contributed by atoms with Crippen LogP contribution < -0.4 is 5.32 Å².